The standard InChI is InChI=1S/C27H38N4O7/c1-3-4-8-30(9-5-12-32)24(33)16-31-15-20(19-13-22(36-2)26-23(14-19)37-18-38-26)25(27(34)35)21(31)6-10-29-11-7-28-17-29/h7,11,13-14,17,20-21,25,32H,3-6,8-10,12,15-16,18H2,1-2H3,(H,34,35)/t20-,21+,25-/m1/s1. The molecule has 4 rings (SSSR count). The first kappa shape index (κ1) is 27.7. The average molecular weight is 531 g/mol. The first-order valence-electron chi connectivity index (χ1n) is 13.3. The third-order valence-electron chi connectivity index (χ3n) is 7.44. The zero-order chi connectivity index (χ0) is 27.1. The monoisotopic (exact) mass is 530 g/mol. The van der Waals surface area contributed by atoms with E-state index in [4.69, 9.17) is 14.2 Å². The number of rotatable bonds is 14. The van der Waals surface area contributed by atoms with Crippen molar-refractivity contribution >= 4 is 11.9 Å². The van der Waals surface area contributed by atoms with Crippen LogP contribution in [0, 0.1) is 5.92 Å². The van der Waals surface area contributed by atoms with E-state index in [2.05, 4.69) is 11.9 Å². The lowest BCUT2D eigenvalue weighted by Gasteiger charge is -2.29. The van der Waals surface area contributed by atoms with Crippen LogP contribution >= 0.6 is 0 Å². The number of carbonyl (C=O) groups is 2. The summed E-state index contributed by atoms with van der Waals surface area (Å²) in [5.74, 6) is -0.523. The van der Waals surface area contributed by atoms with Gasteiger partial charge in [-0.3, -0.25) is 14.5 Å². The molecule has 0 unspecified atom stereocenters. The number of likely N-dealkylation sites (tertiary alicyclic amines) is 1. The number of aliphatic carboxylic acids is 1. The number of carboxylic acids is 1. The molecule has 1 aromatic carbocycles. The van der Waals surface area contributed by atoms with Crippen molar-refractivity contribution in [2.75, 3.05) is 46.7 Å². The summed E-state index contributed by atoms with van der Waals surface area (Å²) >= 11 is 0. The second-order valence-corrected chi connectivity index (χ2v) is 9.82. The van der Waals surface area contributed by atoms with E-state index in [0.29, 0.717) is 56.3 Å². The lowest BCUT2D eigenvalue weighted by Crippen LogP contribution is -2.45. The molecule has 11 heteroatoms. The Morgan fingerprint density at radius 3 is 2.74 bits per heavy atom. The van der Waals surface area contributed by atoms with E-state index >= 15 is 0 Å². The summed E-state index contributed by atoms with van der Waals surface area (Å²) in [6.07, 6.45) is 8.14. The maximum absolute atomic E-state index is 13.4. The largest absolute Gasteiger partial charge is 0.493 e. The molecule has 2 aliphatic rings. The van der Waals surface area contributed by atoms with Crippen molar-refractivity contribution in [2.24, 2.45) is 5.92 Å². The second kappa shape index (κ2) is 13.0. The van der Waals surface area contributed by atoms with Gasteiger partial charge in [0, 0.05) is 57.1 Å². The molecule has 3 heterocycles. The number of unbranched alkanes of at least 4 members (excludes halogenated alkanes) is 1. The second-order valence-electron chi connectivity index (χ2n) is 9.82. The normalized spacial score (nSPS) is 20.6. The van der Waals surface area contributed by atoms with E-state index in [0.717, 1.165) is 18.4 Å². The quantitative estimate of drug-likeness (QED) is 0.378. The molecule has 11 nitrogen and oxygen atoms in total. The van der Waals surface area contributed by atoms with Crippen LogP contribution in [-0.4, -0.2) is 94.2 Å². The molecule has 3 atom stereocenters. The summed E-state index contributed by atoms with van der Waals surface area (Å²) in [5, 5.41) is 19.8. The Hall–Kier alpha value is -3.31. The first-order valence-corrected chi connectivity index (χ1v) is 13.3. The van der Waals surface area contributed by atoms with Crippen LogP contribution in [0.25, 0.3) is 0 Å². The number of fused-ring (bicyclic) bond motifs is 1. The molecular weight excluding hydrogens is 492 g/mol. The molecular formula is C27H38N4O7. The van der Waals surface area contributed by atoms with Crippen molar-refractivity contribution in [1.29, 1.82) is 0 Å². The summed E-state index contributed by atoms with van der Waals surface area (Å²) in [5.41, 5.74) is 0.782. The minimum Gasteiger partial charge on any atom is -0.493 e. The Kier molecular flexibility index (Phi) is 9.46. The van der Waals surface area contributed by atoms with Gasteiger partial charge < -0.3 is 33.9 Å². The Morgan fingerprint density at radius 2 is 2.05 bits per heavy atom. The molecule has 208 valence electrons. The molecule has 1 saturated heterocycles. The molecule has 0 saturated carbocycles. The van der Waals surface area contributed by atoms with Crippen molar-refractivity contribution < 1.29 is 34.0 Å². The summed E-state index contributed by atoms with van der Waals surface area (Å²) < 4.78 is 18.6. The smallest absolute Gasteiger partial charge is 0.308 e. The molecule has 2 aromatic rings. The van der Waals surface area contributed by atoms with Crippen molar-refractivity contribution in [1.82, 2.24) is 19.4 Å². The number of carboxylic acid groups (broad SMARTS) is 1. The van der Waals surface area contributed by atoms with Gasteiger partial charge in [-0.25, -0.2) is 4.98 Å². The van der Waals surface area contributed by atoms with E-state index in [1.807, 2.05) is 27.8 Å². The number of imidazole rings is 1. The predicted molar refractivity (Wildman–Crippen MR) is 138 cm³/mol. The number of aryl methyl sites for hydroxylation is 1. The lowest BCUT2D eigenvalue weighted by molar-refractivity contribution is -0.144. The summed E-state index contributed by atoms with van der Waals surface area (Å²) in [6, 6.07) is 3.28. The van der Waals surface area contributed by atoms with Gasteiger partial charge in [0.15, 0.2) is 11.5 Å². The Morgan fingerprint density at radius 1 is 1.24 bits per heavy atom. The van der Waals surface area contributed by atoms with Gasteiger partial charge in [-0.2, -0.15) is 0 Å². The van der Waals surface area contributed by atoms with Crippen LogP contribution in [0.4, 0.5) is 0 Å². The number of methoxy groups -OCH3 is 1. The predicted octanol–water partition coefficient (Wildman–Crippen LogP) is 2.19. The molecule has 2 aliphatic heterocycles. The van der Waals surface area contributed by atoms with Gasteiger partial charge in [-0.15, -0.1) is 0 Å². The number of hydrogen-bond donors (Lipinski definition) is 2. The van der Waals surface area contributed by atoms with Crippen LogP contribution in [0.3, 0.4) is 0 Å². The highest BCUT2D eigenvalue weighted by atomic mass is 16.7. The number of hydrogen-bond acceptors (Lipinski definition) is 8. The van der Waals surface area contributed by atoms with E-state index < -0.39 is 11.9 Å². The Bertz CT molecular complexity index is 1070. The molecule has 2 N–H and O–H groups in total. The van der Waals surface area contributed by atoms with Crippen LogP contribution < -0.4 is 14.2 Å². The van der Waals surface area contributed by atoms with Crippen LogP contribution in [0.2, 0.25) is 0 Å². The highest BCUT2D eigenvalue weighted by Crippen LogP contribution is 2.47. The van der Waals surface area contributed by atoms with E-state index in [-0.39, 0.29) is 37.8 Å². The number of aliphatic hydroxyl groups is 1. The number of carbonyl (C=O) groups excluding carboxylic acids is 1. The molecule has 1 fully saturated rings. The van der Waals surface area contributed by atoms with Crippen molar-refractivity contribution in [3.05, 3.63) is 36.4 Å². The SMILES string of the molecule is CCCCN(CCCO)C(=O)CN1C[C@H](c2cc(OC)c3c(c2)OCO3)[C@@H](C(=O)O)[C@@H]1CCn1ccnc1. The molecule has 1 amide bonds. The average Bonchev–Trinajstić information content (AvgIpc) is 3.67. The third-order valence-corrected chi connectivity index (χ3v) is 7.44. The van der Waals surface area contributed by atoms with Gasteiger partial charge in [-0.1, -0.05) is 13.3 Å². The third kappa shape index (κ3) is 6.21. The van der Waals surface area contributed by atoms with Crippen molar-refractivity contribution in [3.8, 4) is 17.2 Å². The molecule has 0 spiro atoms. The number of aromatic nitrogens is 2. The van der Waals surface area contributed by atoms with Gasteiger partial charge >= 0.3 is 5.97 Å². The number of benzene rings is 1. The highest BCUT2D eigenvalue weighted by molar-refractivity contribution is 5.79. The molecule has 38 heavy (non-hydrogen) atoms. The van der Waals surface area contributed by atoms with Gasteiger partial charge in [-0.05, 0) is 37.0 Å². The minimum absolute atomic E-state index is 0.0161. The summed E-state index contributed by atoms with van der Waals surface area (Å²) in [7, 11) is 1.54. The highest BCUT2D eigenvalue weighted by Gasteiger charge is 2.47. The van der Waals surface area contributed by atoms with Gasteiger partial charge in [0.05, 0.1) is 25.9 Å². The molecule has 0 bridgehead atoms. The zero-order valence-corrected chi connectivity index (χ0v) is 22.1. The molecule has 0 radical (unpaired) electrons. The van der Waals surface area contributed by atoms with Gasteiger partial charge in [0.1, 0.15) is 0 Å². The number of aliphatic hydroxyl groups excluding tert-OH is 1. The fraction of sp³-hybridized carbons (Fsp3) is 0.593. The fourth-order valence-electron chi connectivity index (χ4n) is 5.50. The topological polar surface area (TPSA) is 127 Å². The van der Waals surface area contributed by atoms with Crippen molar-refractivity contribution in [2.45, 2.75) is 51.1 Å². The number of ether oxygens (including phenoxy) is 3. The fourth-order valence-corrected chi connectivity index (χ4v) is 5.50. The van der Waals surface area contributed by atoms with Gasteiger partial charge in [0.2, 0.25) is 18.4 Å². The number of nitrogens with zero attached hydrogens (tertiary/aromatic N) is 4. The molecule has 1 aromatic heterocycles. The molecule has 0 aliphatic carbocycles. The van der Waals surface area contributed by atoms with Crippen LogP contribution in [-0.2, 0) is 16.1 Å². The van der Waals surface area contributed by atoms with Crippen LogP contribution in [0.5, 0.6) is 17.2 Å². The van der Waals surface area contributed by atoms with Crippen LogP contribution in [0.1, 0.15) is 44.1 Å². The Labute approximate surface area is 222 Å². The van der Waals surface area contributed by atoms with E-state index in [1.165, 1.54) is 0 Å². The minimum atomic E-state index is -0.902. The van der Waals surface area contributed by atoms with Gasteiger partial charge in [0.25, 0.3) is 0 Å². The maximum atomic E-state index is 13.4. The lowest BCUT2D eigenvalue weighted by atomic mass is 9.84. The zero-order valence-electron chi connectivity index (χ0n) is 22.1. The van der Waals surface area contributed by atoms with Crippen molar-refractivity contribution in [3.63, 3.8) is 0 Å². The number of amides is 1. The maximum Gasteiger partial charge on any atom is 0.308 e. The first-order chi connectivity index (χ1) is 18.5. The van der Waals surface area contributed by atoms with E-state index in [9.17, 15) is 19.8 Å². The van der Waals surface area contributed by atoms with Crippen LogP contribution in [0.15, 0.2) is 30.9 Å². The van der Waals surface area contributed by atoms with E-state index in [1.54, 1.807) is 24.5 Å². The summed E-state index contributed by atoms with van der Waals surface area (Å²) in [4.78, 5) is 34.1. The summed E-state index contributed by atoms with van der Waals surface area (Å²) in [6.45, 7) is 4.37. The Balaban J connectivity index is 1.62.